The first-order valence-electron chi connectivity index (χ1n) is 20.6. The number of rotatable bonds is 6. The van der Waals surface area contributed by atoms with Crippen molar-refractivity contribution in [3.05, 3.63) is 200 Å². The van der Waals surface area contributed by atoms with Crippen LogP contribution in [0.2, 0.25) is 0 Å². The second kappa shape index (κ2) is 13.9. The Bertz CT molecular complexity index is 3870. The van der Waals surface area contributed by atoms with Gasteiger partial charge in [0.1, 0.15) is 5.82 Å². The number of hydrogen-bond donors (Lipinski definition) is 0. The summed E-state index contributed by atoms with van der Waals surface area (Å²) in [6, 6.07) is 67.4. The van der Waals surface area contributed by atoms with Crippen LogP contribution >= 0.6 is 22.7 Å². The second-order valence-electron chi connectivity index (χ2n) is 15.7. The third kappa shape index (κ3) is 5.63. The van der Waals surface area contributed by atoms with E-state index in [1.165, 1.54) is 57.6 Å². The number of fused-ring (bicyclic) bond motifs is 8. The van der Waals surface area contributed by atoms with Crippen LogP contribution in [0.1, 0.15) is 0 Å². The molecular formula is C55H33N5S2. The van der Waals surface area contributed by atoms with Gasteiger partial charge < -0.3 is 4.57 Å². The van der Waals surface area contributed by atoms with E-state index in [1.807, 2.05) is 41.8 Å². The summed E-state index contributed by atoms with van der Waals surface area (Å²) in [7, 11) is 0. The molecule has 7 aromatic carbocycles. The SMILES string of the molecule is c1ccc(-c2cc(-n3c4ccccc4c4cc5ccsc5cc43)cc(-c3cccc(-c4cc5cc6c7ccccc7n(-c7ccnc(-c8ccccc8)n7)c6cc5s4)c3)n2)cc1. The highest BCUT2D eigenvalue weighted by Gasteiger charge is 2.19. The molecule has 13 rings (SSSR count). The molecule has 7 heteroatoms. The summed E-state index contributed by atoms with van der Waals surface area (Å²) in [4.78, 5) is 16.3. The van der Waals surface area contributed by atoms with Crippen LogP contribution in [0, 0.1) is 0 Å². The molecule has 0 aliphatic carbocycles. The van der Waals surface area contributed by atoms with Gasteiger partial charge in [-0.05, 0) is 94.5 Å². The van der Waals surface area contributed by atoms with E-state index in [-0.39, 0.29) is 0 Å². The Balaban J connectivity index is 0.957. The zero-order chi connectivity index (χ0) is 40.7. The van der Waals surface area contributed by atoms with Crippen LogP contribution in [-0.2, 0) is 0 Å². The Kier molecular flexibility index (Phi) is 7.88. The van der Waals surface area contributed by atoms with Gasteiger partial charge in [-0.1, -0.05) is 115 Å². The van der Waals surface area contributed by atoms with Crippen LogP contribution in [-0.4, -0.2) is 24.1 Å². The van der Waals surface area contributed by atoms with Crippen LogP contribution in [0.4, 0.5) is 0 Å². The van der Waals surface area contributed by atoms with Gasteiger partial charge in [0.05, 0.1) is 39.1 Å². The highest BCUT2D eigenvalue weighted by Crippen LogP contribution is 2.42. The highest BCUT2D eigenvalue weighted by atomic mass is 32.1. The minimum Gasteiger partial charge on any atom is -0.309 e. The van der Waals surface area contributed by atoms with E-state index in [0.29, 0.717) is 5.82 Å². The summed E-state index contributed by atoms with van der Waals surface area (Å²) in [5.74, 6) is 1.55. The predicted octanol–water partition coefficient (Wildman–Crippen LogP) is 15.2. The summed E-state index contributed by atoms with van der Waals surface area (Å²) >= 11 is 3.61. The molecule has 0 aliphatic heterocycles. The maximum absolute atomic E-state index is 5.37. The third-order valence-electron chi connectivity index (χ3n) is 12.0. The van der Waals surface area contributed by atoms with Gasteiger partial charge in [0.15, 0.2) is 5.82 Å². The smallest absolute Gasteiger partial charge is 0.161 e. The van der Waals surface area contributed by atoms with Crippen LogP contribution in [0.25, 0.3) is 120 Å². The van der Waals surface area contributed by atoms with E-state index in [1.54, 1.807) is 11.3 Å². The average molecular weight is 828 g/mol. The molecule has 6 aromatic heterocycles. The lowest BCUT2D eigenvalue weighted by atomic mass is 10.0. The molecule has 6 heterocycles. The molecule has 290 valence electrons. The van der Waals surface area contributed by atoms with E-state index >= 15 is 0 Å². The number of aromatic nitrogens is 5. The van der Waals surface area contributed by atoms with Gasteiger partial charge in [0.2, 0.25) is 0 Å². The quantitative estimate of drug-likeness (QED) is 0.168. The molecule has 0 saturated carbocycles. The molecule has 0 N–H and O–H groups in total. The lowest BCUT2D eigenvalue weighted by Gasteiger charge is -2.14. The molecule has 5 nitrogen and oxygen atoms in total. The fraction of sp³-hybridized carbons (Fsp3) is 0. The van der Waals surface area contributed by atoms with Gasteiger partial charge in [-0.15, -0.1) is 22.7 Å². The summed E-state index contributed by atoms with van der Waals surface area (Å²) in [5.41, 5.74) is 11.9. The lowest BCUT2D eigenvalue weighted by molar-refractivity contribution is 1.04. The van der Waals surface area contributed by atoms with Crippen LogP contribution in [0.15, 0.2) is 200 Å². The highest BCUT2D eigenvalue weighted by molar-refractivity contribution is 7.22. The summed E-state index contributed by atoms with van der Waals surface area (Å²) in [6.45, 7) is 0. The van der Waals surface area contributed by atoms with Crippen molar-refractivity contribution < 1.29 is 0 Å². The topological polar surface area (TPSA) is 48.5 Å². The minimum absolute atomic E-state index is 0.708. The Morgan fingerprint density at radius 3 is 1.82 bits per heavy atom. The molecule has 0 spiro atoms. The van der Waals surface area contributed by atoms with E-state index in [4.69, 9.17) is 9.97 Å². The number of hydrogen-bond acceptors (Lipinski definition) is 5. The van der Waals surface area contributed by atoms with Crippen LogP contribution < -0.4 is 0 Å². The first kappa shape index (κ1) is 35.1. The summed E-state index contributed by atoms with van der Waals surface area (Å²) in [6.07, 6.45) is 1.86. The zero-order valence-electron chi connectivity index (χ0n) is 33.1. The van der Waals surface area contributed by atoms with Crippen molar-refractivity contribution in [3.63, 3.8) is 0 Å². The first-order chi connectivity index (χ1) is 30.7. The fourth-order valence-corrected chi connectivity index (χ4v) is 11.1. The predicted molar refractivity (Wildman–Crippen MR) is 261 cm³/mol. The lowest BCUT2D eigenvalue weighted by Crippen LogP contribution is -2.00. The Morgan fingerprint density at radius 1 is 0.403 bits per heavy atom. The number of nitrogens with zero attached hydrogens (tertiary/aromatic N) is 5. The Hall–Kier alpha value is -7.71. The number of para-hydroxylation sites is 2. The summed E-state index contributed by atoms with van der Waals surface area (Å²) in [5, 5.41) is 9.57. The molecule has 0 radical (unpaired) electrons. The van der Waals surface area contributed by atoms with E-state index < -0.39 is 0 Å². The van der Waals surface area contributed by atoms with Gasteiger partial charge in [-0.2, -0.15) is 0 Å². The van der Waals surface area contributed by atoms with Crippen molar-refractivity contribution in [2.75, 3.05) is 0 Å². The van der Waals surface area contributed by atoms with Gasteiger partial charge in [-0.25, -0.2) is 15.0 Å². The zero-order valence-corrected chi connectivity index (χ0v) is 34.7. The van der Waals surface area contributed by atoms with Crippen molar-refractivity contribution in [1.82, 2.24) is 24.1 Å². The Morgan fingerprint density at radius 2 is 1.03 bits per heavy atom. The number of pyridine rings is 1. The standard InChI is InChI=1S/C55H33N5S2/c1-3-12-34(13-4-1)45-30-40(59-47-20-9-7-18-41(47)43-27-38-23-25-61-51(38)32-49(43)59)31-46(57-45)36-16-11-17-37(26-36)52-29-39-28-44-42-19-8-10-21-48(42)60(50(44)33-53(39)62-52)54-22-24-56-55(58-54)35-14-5-2-6-15-35/h1-33H. The molecule has 0 amide bonds. The molecule has 13 aromatic rings. The maximum Gasteiger partial charge on any atom is 0.161 e. The first-order valence-corrected chi connectivity index (χ1v) is 22.3. The van der Waals surface area contributed by atoms with Gasteiger partial charge in [0, 0.05) is 58.7 Å². The van der Waals surface area contributed by atoms with E-state index in [0.717, 1.165) is 56.2 Å². The third-order valence-corrected chi connectivity index (χ3v) is 14.1. The molecule has 62 heavy (non-hydrogen) atoms. The number of benzene rings is 7. The van der Waals surface area contributed by atoms with Crippen molar-refractivity contribution >= 4 is 86.5 Å². The molecule has 0 unspecified atom stereocenters. The summed E-state index contributed by atoms with van der Waals surface area (Å²) < 4.78 is 7.20. The monoisotopic (exact) mass is 827 g/mol. The molecule has 0 atom stereocenters. The van der Waals surface area contributed by atoms with E-state index in [2.05, 4.69) is 183 Å². The second-order valence-corrected chi connectivity index (χ2v) is 17.7. The van der Waals surface area contributed by atoms with Gasteiger partial charge >= 0.3 is 0 Å². The average Bonchev–Trinajstić information content (AvgIpc) is 4.12. The van der Waals surface area contributed by atoms with E-state index in [9.17, 15) is 0 Å². The molecule has 0 aliphatic rings. The molecular weight excluding hydrogens is 795 g/mol. The van der Waals surface area contributed by atoms with Crippen LogP contribution in [0.5, 0.6) is 0 Å². The maximum atomic E-state index is 5.37. The van der Waals surface area contributed by atoms with Gasteiger partial charge in [-0.3, -0.25) is 4.57 Å². The fourth-order valence-electron chi connectivity index (χ4n) is 9.18. The largest absolute Gasteiger partial charge is 0.309 e. The molecule has 0 bridgehead atoms. The van der Waals surface area contributed by atoms with Crippen molar-refractivity contribution in [3.8, 4) is 55.8 Å². The molecule has 0 saturated heterocycles. The van der Waals surface area contributed by atoms with Gasteiger partial charge in [0.25, 0.3) is 0 Å². The van der Waals surface area contributed by atoms with Crippen molar-refractivity contribution in [2.24, 2.45) is 0 Å². The van der Waals surface area contributed by atoms with Crippen molar-refractivity contribution in [1.29, 1.82) is 0 Å². The molecule has 0 fully saturated rings. The normalized spacial score (nSPS) is 11.9. The Labute approximate surface area is 364 Å². The van der Waals surface area contributed by atoms with Crippen molar-refractivity contribution in [2.45, 2.75) is 0 Å². The van der Waals surface area contributed by atoms with Crippen LogP contribution in [0.3, 0.4) is 0 Å². The number of thiophene rings is 2. The minimum atomic E-state index is 0.708.